The molecule has 0 spiro atoms. The summed E-state index contributed by atoms with van der Waals surface area (Å²) in [6.45, 7) is 0.860. The Bertz CT molecular complexity index is 341. The maximum atomic E-state index is 12.2. The van der Waals surface area contributed by atoms with Gasteiger partial charge in [-0.05, 0) is 18.9 Å². The molecule has 17 heavy (non-hydrogen) atoms. The van der Waals surface area contributed by atoms with Gasteiger partial charge in [0.1, 0.15) is 5.51 Å². The van der Waals surface area contributed by atoms with Gasteiger partial charge in [-0.3, -0.25) is 4.90 Å². The van der Waals surface area contributed by atoms with E-state index in [-0.39, 0.29) is 5.92 Å². The average Bonchev–Trinajstić information content (AvgIpc) is 2.82. The molecule has 0 radical (unpaired) electrons. The van der Waals surface area contributed by atoms with Crippen molar-refractivity contribution in [2.45, 2.75) is 12.6 Å². The number of aromatic nitrogens is 2. The van der Waals surface area contributed by atoms with Crippen LogP contribution in [0.25, 0.3) is 0 Å². The van der Waals surface area contributed by atoms with E-state index >= 15 is 0 Å². The molecule has 0 aliphatic carbocycles. The predicted octanol–water partition coefficient (Wildman–Crippen LogP) is 1.83. The molecule has 96 valence electrons. The molecule has 4 nitrogen and oxygen atoms in total. The Balaban J connectivity index is 1.71. The van der Waals surface area contributed by atoms with E-state index < -0.39 is 12.7 Å². The van der Waals surface area contributed by atoms with Crippen molar-refractivity contribution in [3.8, 4) is 0 Å². The van der Waals surface area contributed by atoms with Gasteiger partial charge in [-0.1, -0.05) is 11.3 Å². The molecule has 1 aromatic heterocycles. The Hall–Kier alpha value is -0.890. The van der Waals surface area contributed by atoms with E-state index in [2.05, 4.69) is 15.5 Å². The van der Waals surface area contributed by atoms with Gasteiger partial charge in [0.25, 0.3) is 0 Å². The third-order valence-corrected chi connectivity index (χ3v) is 3.32. The summed E-state index contributed by atoms with van der Waals surface area (Å²) < 4.78 is 36.5. The monoisotopic (exact) mass is 266 g/mol. The summed E-state index contributed by atoms with van der Waals surface area (Å²) in [6.07, 6.45) is -3.30. The van der Waals surface area contributed by atoms with Gasteiger partial charge in [0, 0.05) is 13.1 Å². The second-order valence-corrected chi connectivity index (χ2v) is 4.96. The molecule has 0 amide bonds. The first-order chi connectivity index (χ1) is 8.03. The topological polar surface area (TPSA) is 41.0 Å². The fraction of sp³-hybridized carbons (Fsp3) is 0.778. The van der Waals surface area contributed by atoms with Crippen LogP contribution in [0.5, 0.6) is 0 Å². The minimum absolute atomic E-state index is 0.251. The van der Waals surface area contributed by atoms with Gasteiger partial charge < -0.3 is 5.32 Å². The van der Waals surface area contributed by atoms with E-state index in [9.17, 15) is 13.2 Å². The first-order valence-corrected chi connectivity index (χ1v) is 6.20. The van der Waals surface area contributed by atoms with Crippen molar-refractivity contribution in [1.82, 2.24) is 15.1 Å². The number of likely N-dealkylation sites (tertiary alicyclic amines) is 1. The van der Waals surface area contributed by atoms with Crippen LogP contribution < -0.4 is 5.32 Å². The van der Waals surface area contributed by atoms with Crippen molar-refractivity contribution in [3.63, 3.8) is 0 Å². The van der Waals surface area contributed by atoms with E-state index in [1.807, 2.05) is 0 Å². The normalized spacial score (nSPS) is 21.9. The Labute approximate surface area is 101 Å². The highest BCUT2D eigenvalue weighted by molar-refractivity contribution is 7.13. The van der Waals surface area contributed by atoms with Gasteiger partial charge in [-0.15, -0.1) is 10.2 Å². The Kier molecular flexibility index (Phi) is 3.82. The zero-order valence-corrected chi connectivity index (χ0v) is 9.89. The molecular formula is C9H13F3N4S. The maximum absolute atomic E-state index is 12.2. The molecule has 1 aliphatic heterocycles. The highest BCUT2D eigenvalue weighted by atomic mass is 32.1. The standard InChI is InChI=1S/C9H13F3N4S/c10-9(11,12)5-16-2-1-7(4-16)3-13-8-15-14-6-17-8/h6-7H,1-5H2,(H,13,15). The number of halogens is 3. The van der Waals surface area contributed by atoms with Crippen LogP contribution >= 0.6 is 11.3 Å². The summed E-state index contributed by atoms with van der Waals surface area (Å²) in [5.74, 6) is 0.251. The Morgan fingerprint density at radius 1 is 1.53 bits per heavy atom. The number of hydrogen-bond donors (Lipinski definition) is 1. The molecule has 1 saturated heterocycles. The molecule has 0 saturated carbocycles. The van der Waals surface area contributed by atoms with Crippen molar-refractivity contribution in [3.05, 3.63) is 5.51 Å². The number of hydrogen-bond acceptors (Lipinski definition) is 5. The SMILES string of the molecule is FC(F)(F)CN1CCC(CNc2nncs2)C1. The van der Waals surface area contributed by atoms with Crippen molar-refractivity contribution >= 4 is 16.5 Å². The third-order valence-electron chi connectivity index (χ3n) is 2.67. The molecule has 1 atom stereocenters. The van der Waals surface area contributed by atoms with Gasteiger partial charge in [0.15, 0.2) is 0 Å². The van der Waals surface area contributed by atoms with Crippen molar-refractivity contribution < 1.29 is 13.2 Å². The second-order valence-electron chi connectivity index (χ2n) is 4.13. The minimum Gasteiger partial charge on any atom is -0.360 e. The van der Waals surface area contributed by atoms with Crippen molar-refractivity contribution in [2.24, 2.45) is 5.92 Å². The van der Waals surface area contributed by atoms with E-state index in [0.717, 1.165) is 11.6 Å². The highest BCUT2D eigenvalue weighted by Crippen LogP contribution is 2.23. The number of anilines is 1. The van der Waals surface area contributed by atoms with Crippen LogP contribution in [0.4, 0.5) is 18.3 Å². The van der Waals surface area contributed by atoms with Gasteiger partial charge in [0.2, 0.25) is 5.13 Å². The molecule has 1 aromatic rings. The number of nitrogens with one attached hydrogen (secondary N) is 1. The predicted molar refractivity (Wildman–Crippen MR) is 59.0 cm³/mol. The van der Waals surface area contributed by atoms with Gasteiger partial charge in [-0.2, -0.15) is 13.2 Å². The first kappa shape index (κ1) is 12.6. The van der Waals surface area contributed by atoms with Crippen molar-refractivity contribution in [1.29, 1.82) is 0 Å². The van der Waals surface area contributed by atoms with Gasteiger partial charge in [0.05, 0.1) is 6.54 Å². The zero-order valence-electron chi connectivity index (χ0n) is 9.07. The summed E-state index contributed by atoms with van der Waals surface area (Å²) in [5, 5.41) is 11.3. The fourth-order valence-corrected chi connectivity index (χ4v) is 2.41. The molecule has 1 fully saturated rings. The lowest BCUT2D eigenvalue weighted by molar-refractivity contribution is -0.143. The van der Waals surface area contributed by atoms with Crippen LogP contribution in [0, 0.1) is 5.92 Å². The lowest BCUT2D eigenvalue weighted by atomic mass is 10.1. The largest absolute Gasteiger partial charge is 0.401 e. The highest BCUT2D eigenvalue weighted by Gasteiger charge is 2.34. The van der Waals surface area contributed by atoms with Crippen LogP contribution in [0.2, 0.25) is 0 Å². The average molecular weight is 266 g/mol. The lowest BCUT2D eigenvalue weighted by Gasteiger charge is -2.17. The number of alkyl halides is 3. The molecule has 0 bridgehead atoms. The van der Waals surface area contributed by atoms with Gasteiger partial charge >= 0.3 is 6.18 Å². The summed E-state index contributed by atoms with van der Waals surface area (Å²) in [4.78, 5) is 1.45. The van der Waals surface area contributed by atoms with Crippen LogP contribution in [-0.4, -0.2) is 47.5 Å². The second kappa shape index (κ2) is 5.18. The number of rotatable bonds is 4. The molecule has 1 N–H and O–H groups in total. The van der Waals surface area contributed by atoms with Crippen LogP contribution in [0.3, 0.4) is 0 Å². The van der Waals surface area contributed by atoms with E-state index in [1.54, 1.807) is 5.51 Å². The maximum Gasteiger partial charge on any atom is 0.401 e. The summed E-state index contributed by atoms with van der Waals surface area (Å²) in [5.41, 5.74) is 1.62. The molecule has 8 heteroatoms. The van der Waals surface area contributed by atoms with E-state index in [4.69, 9.17) is 0 Å². The number of nitrogens with zero attached hydrogens (tertiary/aromatic N) is 3. The summed E-state index contributed by atoms with van der Waals surface area (Å²) in [7, 11) is 0. The van der Waals surface area contributed by atoms with E-state index in [0.29, 0.717) is 19.6 Å². The smallest absolute Gasteiger partial charge is 0.360 e. The lowest BCUT2D eigenvalue weighted by Crippen LogP contribution is -2.33. The van der Waals surface area contributed by atoms with E-state index in [1.165, 1.54) is 16.2 Å². The van der Waals surface area contributed by atoms with Crippen LogP contribution in [-0.2, 0) is 0 Å². The quantitative estimate of drug-likeness (QED) is 0.902. The molecule has 2 rings (SSSR count). The van der Waals surface area contributed by atoms with Crippen LogP contribution in [0.1, 0.15) is 6.42 Å². The molecular weight excluding hydrogens is 253 g/mol. The Morgan fingerprint density at radius 3 is 3.00 bits per heavy atom. The van der Waals surface area contributed by atoms with Crippen LogP contribution in [0.15, 0.2) is 5.51 Å². The zero-order chi connectivity index (χ0) is 12.3. The van der Waals surface area contributed by atoms with Crippen molar-refractivity contribution in [2.75, 3.05) is 31.5 Å². The third kappa shape index (κ3) is 4.12. The fourth-order valence-electron chi connectivity index (χ4n) is 1.96. The molecule has 0 aromatic carbocycles. The molecule has 1 unspecified atom stereocenters. The molecule has 2 heterocycles. The minimum atomic E-state index is -4.10. The molecule has 1 aliphatic rings. The summed E-state index contributed by atoms with van der Waals surface area (Å²) in [6, 6.07) is 0. The first-order valence-electron chi connectivity index (χ1n) is 5.32. The Morgan fingerprint density at radius 2 is 2.35 bits per heavy atom. The van der Waals surface area contributed by atoms with Gasteiger partial charge in [-0.25, -0.2) is 0 Å². The summed E-state index contributed by atoms with van der Waals surface area (Å²) >= 11 is 1.39.